The van der Waals surface area contributed by atoms with Crippen molar-refractivity contribution in [1.29, 1.82) is 0 Å². The largest absolute Gasteiger partial charge is 0.441 e. The van der Waals surface area contributed by atoms with E-state index in [0.717, 1.165) is 65.5 Å². The summed E-state index contributed by atoms with van der Waals surface area (Å²) in [5.74, 6) is 1.49. The third kappa shape index (κ3) is 4.66. The number of hydrogen-bond donors (Lipinski definition) is 1. The molecule has 2 unspecified atom stereocenters. The Morgan fingerprint density at radius 1 is 1.10 bits per heavy atom. The van der Waals surface area contributed by atoms with Gasteiger partial charge in [0.1, 0.15) is 5.76 Å². The van der Waals surface area contributed by atoms with E-state index in [2.05, 4.69) is 17.0 Å². The average molecular weight is 411 g/mol. The summed E-state index contributed by atoms with van der Waals surface area (Å²) in [7, 11) is -0.963. The molecule has 0 aliphatic carbocycles. The van der Waals surface area contributed by atoms with Gasteiger partial charge in [-0.3, -0.25) is 4.21 Å². The number of aryl methyl sites for hydroxylation is 1. The molecule has 4 rings (SSSR count). The number of aromatic nitrogens is 1. The second kappa shape index (κ2) is 8.61. The molecule has 3 aromatic rings. The van der Waals surface area contributed by atoms with Crippen LogP contribution in [0, 0.1) is 6.92 Å². The normalized spacial score (nSPS) is 18.2. The number of likely N-dealkylation sites (tertiary alicyclic amines) is 1. The molecule has 29 heavy (non-hydrogen) atoms. The van der Waals surface area contributed by atoms with Gasteiger partial charge < -0.3 is 14.4 Å². The smallest absolute Gasteiger partial charge is 0.226 e. The van der Waals surface area contributed by atoms with Gasteiger partial charge in [0.05, 0.1) is 11.8 Å². The van der Waals surface area contributed by atoms with E-state index >= 15 is 0 Å². The van der Waals surface area contributed by atoms with Crippen LogP contribution in [0.1, 0.15) is 17.9 Å². The van der Waals surface area contributed by atoms with Gasteiger partial charge in [-0.05, 0) is 48.7 Å². The van der Waals surface area contributed by atoms with Crippen molar-refractivity contribution in [2.45, 2.75) is 30.8 Å². The first-order valence-electron chi connectivity index (χ1n) is 9.90. The molecule has 1 aliphatic rings. The second-order valence-corrected chi connectivity index (χ2v) is 8.95. The molecule has 0 radical (unpaired) electrons. The predicted molar refractivity (Wildman–Crippen MR) is 115 cm³/mol. The number of nitrogens with zero attached hydrogens (tertiary/aromatic N) is 2. The summed E-state index contributed by atoms with van der Waals surface area (Å²) in [5.41, 5.74) is 4.11. The third-order valence-electron chi connectivity index (χ3n) is 5.46. The summed E-state index contributed by atoms with van der Waals surface area (Å²) in [4.78, 5) is 7.80. The highest BCUT2D eigenvalue weighted by molar-refractivity contribution is 7.84. The number of aliphatic hydroxyl groups excluding tert-OH is 1. The van der Waals surface area contributed by atoms with Crippen LogP contribution in [0.5, 0.6) is 0 Å². The van der Waals surface area contributed by atoms with Crippen LogP contribution >= 0.6 is 0 Å². The van der Waals surface area contributed by atoms with E-state index in [1.165, 1.54) is 0 Å². The lowest BCUT2D eigenvalue weighted by Crippen LogP contribution is -2.24. The molecule has 1 aliphatic heterocycles. The molecule has 6 heteroatoms. The van der Waals surface area contributed by atoms with Crippen LogP contribution in [0.4, 0.5) is 0 Å². The molecule has 1 aromatic heterocycles. The Labute approximate surface area is 173 Å². The van der Waals surface area contributed by atoms with Gasteiger partial charge >= 0.3 is 0 Å². The maximum atomic E-state index is 11.5. The zero-order valence-electron chi connectivity index (χ0n) is 16.8. The summed E-state index contributed by atoms with van der Waals surface area (Å²) < 4.78 is 17.5. The Kier molecular flexibility index (Phi) is 5.94. The van der Waals surface area contributed by atoms with Crippen molar-refractivity contribution < 1.29 is 13.7 Å². The molecule has 1 N–H and O–H groups in total. The quantitative estimate of drug-likeness (QED) is 0.672. The van der Waals surface area contributed by atoms with E-state index in [1.807, 2.05) is 43.3 Å². The number of benzene rings is 2. The minimum atomic E-state index is -0.963. The van der Waals surface area contributed by atoms with E-state index in [-0.39, 0.29) is 6.10 Å². The van der Waals surface area contributed by atoms with Gasteiger partial charge in [-0.15, -0.1) is 0 Å². The Bertz CT molecular complexity index is 996. The van der Waals surface area contributed by atoms with Crippen molar-refractivity contribution in [1.82, 2.24) is 9.88 Å². The second-order valence-electron chi connectivity index (χ2n) is 7.57. The summed E-state index contributed by atoms with van der Waals surface area (Å²) in [5, 5.41) is 9.66. The fraction of sp³-hybridized carbons (Fsp3) is 0.348. The lowest BCUT2D eigenvalue weighted by molar-refractivity contribution is 0.176. The number of rotatable bonds is 6. The van der Waals surface area contributed by atoms with Crippen molar-refractivity contribution in [2.24, 2.45) is 0 Å². The molecule has 0 spiro atoms. The highest BCUT2D eigenvalue weighted by Crippen LogP contribution is 2.27. The van der Waals surface area contributed by atoms with E-state index in [1.54, 1.807) is 6.26 Å². The molecular formula is C23H26N2O3S. The van der Waals surface area contributed by atoms with Crippen LogP contribution in [0.15, 0.2) is 57.8 Å². The van der Waals surface area contributed by atoms with Crippen molar-refractivity contribution >= 4 is 10.8 Å². The third-order valence-corrected chi connectivity index (χ3v) is 6.39. The minimum Gasteiger partial charge on any atom is -0.441 e. The Morgan fingerprint density at radius 3 is 2.31 bits per heavy atom. The number of β-amino-alcohol motifs (C(OH)–C–C–N with tert-alkyl or cyclic N) is 1. The SMILES string of the molecule is Cc1oc(-c2ccc(-c3ccc(S(C)=O)cc3)cc2)nc1CCN1CCC(O)C1. The van der Waals surface area contributed by atoms with Crippen molar-refractivity contribution in [3.05, 3.63) is 60.0 Å². The van der Waals surface area contributed by atoms with Crippen molar-refractivity contribution in [3.8, 4) is 22.6 Å². The lowest BCUT2D eigenvalue weighted by Gasteiger charge is -2.13. The van der Waals surface area contributed by atoms with Gasteiger partial charge in [-0.2, -0.15) is 0 Å². The van der Waals surface area contributed by atoms with Crippen molar-refractivity contribution in [2.75, 3.05) is 25.9 Å². The van der Waals surface area contributed by atoms with E-state index in [4.69, 9.17) is 9.40 Å². The zero-order chi connectivity index (χ0) is 20.4. The first-order valence-corrected chi connectivity index (χ1v) is 11.5. The number of hydrogen-bond acceptors (Lipinski definition) is 5. The highest BCUT2D eigenvalue weighted by Gasteiger charge is 2.20. The summed E-state index contributed by atoms with van der Waals surface area (Å²) in [6.45, 7) is 4.54. The minimum absolute atomic E-state index is 0.192. The van der Waals surface area contributed by atoms with Gasteiger partial charge in [-0.25, -0.2) is 4.98 Å². The zero-order valence-corrected chi connectivity index (χ0v) is 17.6. The van der Waals surface area contributed by atoms with Crippen LogP contribution in [-0.2, 0) is 17.2 Å². The molecule has 2 aromatic carbocycles. The maximum Gasteiger partial charge on any atom is 0.226 e. The standard InChI is InChI=1S/C23H26N2O3S/c1-16-22(12-14-25-13-11-20(26)15-25)24-23(28-16)19-5-3-17(4-6-19)18-7-9-21(10-8-18)29(2)27/h3-10,20,26H,11-15H2,1-2H3. The fourth-order valence-corrected chi connectivity index (χ4v) is 4.23. The van der Waals surface area contributed by atoms with Crippen LogP contribution in [0.25, 0.3) is 22.6 Å². The molecule has 0 saturated carbocycles. The Balaban J connectivity index is 1.45. The summed E-state index contributed by atoms with van der Waals surface area (Å²) in [6, 6.07) is 15.9. The van der Waals surface area contributed by atoms with Gasteiger partial charge in [0.2, 0.25) is 5.89 Å². The topological polar surface area (TPSA) is 66.6 Å². The first kappa shape index (κ1) is 20.0. The van der Waals surface area contributed by atoms with Crippen LogP contribution in [0.3, 0.4) is 0 Å². The highest BCUT2D eigenvalue weighted by atomic mass is 32.2. The molecule has 152 valence electrons. The van der Waals surface area contributed by atoms with Crippen molar-refractivity contribution in [3.63, 3.8) is 0 Å². The van der Waals surface area contributed by atoms with Gasteiger partial charge in [0.25, 0.3) is 0 Å². The molecule has 2 atom stereocenters. The Hall–Kier alpha value is -2.28. The lowest BCUT2D eigenvalue weighted by atomic mass is 10.0. The van der Waals surface area contributed by atoms with Crippen LogP contribution < -0.4 is 0 Å². The van der Waals surface area contributed by atoms with Gasteiger partial charge in [0, 0.05) is 53.6 Å². The van der Waals surface area contributed by atoms with Gasteiger partial charge in [-0.1, -0.05) is 24.3 Å². The molecule has 5 nitrogen and oxygen atoms in total. The molecule has 1 saturated heterocycles. The van der Waals surface area contributed by atoms with E-state index < -0.39 is 10.8 Å². The van der Waals surface area contributed by atoms with E-state index in [9.17, 15) is 9.32 Å². The Morgan fingerprint density at radius 2 is 1.72 bits per heavy atom. The first-order chi connectivity index (χ1) is 14.0. The average Bonchev–Trinajstić information content (AvgIpc) is 3.31. The molecule has 0 bridgehead atoms. The maximum absolute atomic E-state index is 11.5. The predicted octanol–water partition coefficient (Wildman–Crippen LogP) is 3.66. The molecule has 1 fully saturated rings. The van der Waals surface area contributed by atoms with E-state index in [0.29, 0.717) is 5.89 Å². The summed E-state index contributed by atoms with van der Waals surface area (Å²) >= 11 is 0. The fourth-order valence-electron chi connectivity index (χ4n) is 3.71. The number of oxazole rings is 1. The molecule has 2 heterocycles. The van der Waals surface area contributed by atoms with Crippen LogP contribution in [0.2, 0.25) is 0 Å². The number of aliphatic hydroxyl groups is 1. The molecular weight excluding hydrogens is 384 g/mol. The van der Waals surface area contributed by atoms with Gasteiger partial charge in [0.15, 0.2) is 0 Å². The summed E-state index contributed by atoms with van der Waals surface area (Å²) in [6.07, 6.45) is 3.17. The monoisotopic (exact) mass is 410 g/mol. The van der Waals surface area contributed by atoms with Crippen LogP contribution in [-0.4, -0.2) is 51.2 Å². The molecule has 0 amide bonds.